The number of rotatable bonds is 16. The van der Waals surface area contributed by atoms with Crippen molar-refractivity contribution in [2.75, 3.05) is 29.7 Å². The highest BCUT2D eigenvalue weighted by Gasteiger charge is 2.37. The van der Waals surface area contributed by atoms with Gasteiger partial charge in [-0.05, 0) is 48.2 Å². The Hall–Kier alpha value is -5.76. The lowest BCUT2D eigenvalue weighted by atomic mass is 10.1. The fourth-order valence-corrected chi connectivity index (χ4v) is 6.46. The SMILES string of the molecule is O=C(O)C[C@@H](NC(=O)CN1C(=O)[C@@H](NC(=O)CCc2ccccc2)CN(C(=O)CCc2ccccc2)c2ccccc21)OCOC(=O)c1c(Cl)cccc1Cl. The van der Waals surface area contributed by atoms with Crippen LogP contribution in [0.5, 0.6) is 0 Å². The number of hydrogen-bond acceptors (Lipinski definition) is 8. The molecule has 5 rings (SSSR count). The van der Waals surface area contributed by atoms with E-state index in [1.807, 2.05) is 60.7 Å². The summed E-state index contributed by atoms with van der Waals surface area (Å²) < 4.78 is 10.5. The van der Waals surface area contributed by atoms with Crippen molar-refractivity contribution in [1.29, 1.82) is 0 Å². The largest absolute Gasteiger partial charge is 0.481 e. The molecule has 4 amide bonds. The van der Waals surface area contributed by atoms with Crippen LogP contribution in [0.1, 0.15) is 40.7 Å². The maximum Gasteiger partial charge on any atom is 0.343 e. The summed E-state index contributed by atoms with van der Waals surface area (Å²) in [6.45, 7) is -1.63. The molecule has 0 bridgehead atoms. The van der Waals surface area contributed by atoms with Gasteiger partial charge in [-0.15, -0.1) is 0 Å². The second kappa shape index (κ2) is 19.5. The van der Waals surface area contributed by atoms with E-state index >= 15 is 0 Å². The van der Waals surface area contributed by atoms with Gasteiger partial charge in [0.05, 0.1) is 39.9 Å². The Kier molecular flexibility index (Phi) is 14.4. The molecule has 55 heavy (non-hydrogen) atoms. The number of hydrogen-bond donors (Lipinski definition) is 3. The molecule has 4 aromatic carbocycles. The summed E-state index contributed by atoms with van der Waals surface area (Å²) in [5, 5.41) is 14.8. The van der Waals surface area contributed by atoms with Gasteiger partial charge in [-0.3, -0.25) is 28.9 Å². The lowest BCUT2D eigenvalue weighted by Gasteiger charge is -2.26. The third-order valence-electron chi connectivity index (χ3n) is 8.59. The Bertz CT molecular complexity index is 2000. The number of anilines is 2. The molecule has 0 aromatic heterocycles. The summed E-state index contributed by atoms with van der Waals surface area (Å²) in [5.74, 6) is -4.53. The minimum absolute atomic E-state index is 0.0254. The highest BCUT2D eigenvalue weighted by molar-refractivity contribution is 6.39. The first-order chi connectivity index (χ1) is 26.5. The van der Waals surface area contributed by atoms with Crippen molar-refractivity contribution >= 4 is 70.1 Å². The number of aryl methyl sites for hydroxylation is 2. The molecule has 3 N–H and O–H groups in total. The highest BCUT2D eigenvalue weighted by atomic mass is 35.5. The van der Waals surface area contributed by atoms with Crippen molar-refractivity contribution in [1.82, 2.24) is 10.6 Å². The number of benzene rings is 4. The molecule has 1 aliphatic rings. The maximum atomic E-state index is 14.3. The van der Waals surface area contributed by atoms with E-state index in [0.717, 1.165) is 16.0 Å². The molecule has 0 saturated carbocycles. The first-order valence-corrected chi connectivity index (χ1v) is 18.1. The summed E-state index contributed by atoms with van der Waals surface area (Å²) in [6, 6.07) is 28.5. The summed E-state index contributed by atoms with van der Waals surface area (Å²) in [4.78, 5) is 81.8. The summed E-state index contributed by atoms with van der Waals surface area (Å²) in [6.07, 6.45) is -1.23. The normalized spacial score (nSPS) is 14.3. The topological polar surface area (TPSA) is 172 Å². The van der Waals surface area contributed by atoms with Crippen molar-refractivity contribution in [2.24, 2.45) is 0 Å². The number of carboxylic acid groups (broad SMARTS) is 1. The molecule has 0 aliphatic carbocycles. The third-order valence-corrected chi connectivity index (χ3v) is 9.22. The zero-order chi connectivity index (χ0) is 39.3. The van der Waals surface area contributed by atoms with Gasteiger partial charge in [0.2, 0.25) is 17.7 Å². The molecule has 1 heterocycles. The molecular formula is C40H38Cl2N4O9. The van der Waals surface area contributed by atoms with Gasteiger partial charge in [0, 0.05) is 12.8 Å². The second-order valence-electron chi connectivity index (χ2n) is 12.5. The average Bonchev–Trinajstić information content (AvgIpc) is 3.27. The average molecular weight is 790 g/mol. The maximum absolute atomic E-state index is 14.3. The van der Waals surface area contributed by atoms with Gasteiger partial charge < -0.3 is 30.1 Å². The smallest absolute Gasteiger partial charge is 0.343 e. The molecule has 0 unspecified atom stereocenters. The number of esters is 1. The standard InChI is InChI=1S/C40H38Cl2N4O9/c41-28-14-9-15-29(42)38(28)40(53)55-25-54-35(22-37(50)51)44-34(48)24-46-32-17-8-7-16-31(32)45(36(49)21-19-27-12-5-2-6-13-27)23-30(39(46)52)43-33(47)20-18-26-10-3-1-4-11-26/h1-17,30,35H,18-25H2,(H,43,47)(H,44,48)(H,50,51)/t30-,35-/m0/s1. The van der Waals surface area contributed by atoms with Gasteiger partial charge in [-0.25, -0.2) is 4.79 Å². The van der Waals surface area contributed by atoms with Crippen molar-refractivity contribution in [2.45, 2.75) is 44.4 Å². The quantitative estimate of drug-likeness (QED) is 0.102. The van der Waals surface area contributed by atoms with Crippen LogP contribution in [0.25, 0.3) is 0 Å². The molecule has 2 atom stereocenters. The molecule has 15 heteroatoms. The number of carbonyl (C=O) groups excluding carboxylic acids is 5. The van der Waals surface area contributed by atoms with Gasteiger partial charge in [0.25, 0.3) is 5.91 Å². The molecule has 0 radical (unpaired) electrons. The summed E-state index contributed by atoms with van der Waals surface area (Å²) in [5.41, 5.74) is 2.30. The molecule has 0 spiro atoms. The number of amides is 4. The third kappa shape index (κ3) is 11.4. The predicted octanol–water partition coefficient (Wildman–Crippen LogP) is 5.17. The van der Waals surface area contributed by atoms with Crippen LogP contribution in [0.3, 0.4) is 0 Å². The molecule has 0 saturated heterocycles. The lowest BCUT2D eigenvalue weighted by Crippen LogP contribution is -2.55. The number of ether oxygens (including phenoxy) is 2. The van der Waals surface area contributed by atoms with E-state index < -0.39 is 61.7 Å². The zero-order valence-corrected chi connectivity index (χ0v) is 31.0. The Labute approximate surface area is 327 Å². The molecule has 1 aliphatic heterocycles. The number of para-hydroxylation sites is 2. The van der Waals surface area contributed by atoms with E-state index in [1.165, 1.54) is 23.1 Å². The van der Waals surface area contributed by atoms with Gasteiger partial charge in [0.1, 0.15) is 18.8 Å². The van der Waals surface area contributed by atoms with Crippen LogP contribution >= 0.6 is 23.2 Å². The Morgan fingerprint density at radius 1 is 0.764 bits per heavy atom. The number of nitrogens with one attached hydrogen (secondary N) is 2. The molecule has 13 nitrogen and oxygen atoms in total. The van der Waals surface area contributed by atoms with Crippen LogP contribution in [0, 0.1) is 0 Å². The van der Waals surface area contributed by atoms with Crippen LogP contribution in [0.2, 0.25) is 10.0 Å². The number of carbonyl (C=O) groups is 6. The van der Waals surface area contributed by atoms with Crippen molar-refractivity contribution < 1.29 is 43.3 Å². The first-order valence-electron chi connectivity index (χ1n) is 17.3. The van der Waals surface area contributed by atoms with E-state index in [0.29, 0.717) is 18.5 Å². The Balaban J connectivity index is 1.34. The van der Waals surface area contributed by atoms with Crippen LogP contribution in [0.15, 0.2) is 103 Å². The second-order valence-corrected chi connectivity index (χ2v) is 13.3. The Morgan fingerprint density at radius 2 is 1.35 bits per heavy atom. The molecule has 4 aromatic rings. The predicted molar refractivity (Wildman–Crippen MR) is 205 cm³/mol. The van der Waals surface area contributed by atoms with E-state index in [-0.39, 0.29) is 46.6 Å². The number of carboxylic acids is 1. The van der Waals surface area contributed by atoms with Gasteiger partial charge in [0.15, 0.2) is 6.79 Å². The monoisotopic (exact) mass is 788 g/mol. The fourth-order valence-electron chi connectivity index (χ4n) is 5.91. The number of halogens is 2. The fraction of sp³-hybridized carbons (Fsp3) is 0.250. The minimum Gasteiger partial charge on any atom is -0.481 e. The summed E-state index contributed by atoms with van der Waals surface area (Å²) in [7, 11) is 0. The van der Waals surface area contributed by atoms with E-state index in [9.17, 15) is 33.9 Å². The number of fused-ring (bicyclic) bond motifs is 1. The van der Waals surface area contributed by atoms with E-state index in [2.05, 4.69) is 10.6 Å². The van der Waals surface area contributed by atoms with E-state index in [4.69, 9.17) is 32.7 Å². The molecule has 286 valence electrons. The number of nitrogens with zero attached hydrogens (tertiary/aromatic N) is 2. The molecular weight excluding hydrogens is 751 g/mol. The van der Waals surface area contributed by atoms with Gasteiger partial charge >= 0.3 is 11.9 Å². The van der Waals surface area contributed by atoms with Crippen molar-refractivity contribution in [3.05, 3.63) is 130 Å². The zero-order valence-electron chi connectivity index (χ0n) is 29.5. The summed E-state index contributed by atoms with van der Waals surface area (Å²) >= 11 is 12.1. The van der Waals surface area contributed by atoms with Crippen molar-refractivity contribution in [3.8, 4) is 0 Å². The Morgan fingerprint density at radius 3 is 1.96 bits per heavy atom. The van der Waals surface area contributed by atoms with Gasteiger partial charge in [-0.1, -0.05) is 102 Å². The van der Waals surface area contributed by atoms with E-state index in [1.54, 1.807) is 24.3 Å². The van der Waals surface area contributed by atoms with Crippen LogP contribution in [0.4, 0.5) is 11.4 Å². The van der Waals surface area contributed by atoms with Crippen molar-refractivity contribution in [3.63, 3.8) is 0 Å². The highest BCUT2D eigenvalue weighted by Crippen LogP contribution is 2.33. The lowest BCUT2D eigenvalue weighted by molar-refractivity contribution is -0.146. The van der Waals surface area contributed by atoms with Crippen LogP contribution in [-0.4, -0.2) is 72.8 Å². The minimum atomic E-state index is -1.50. The van der Waals surface area contributed by atoms with Gasteiger partial charge in [-0.2, -0.15) is 0 Å². The number of aliphatic carboxylic acids is 1. The molecule has 0 fully saturated rings. The van der Waals surface area contributed by atoms with Crippen LogP contribution in [-0.2, 0) is 46.3 Å². The van der Waals surface area contributed by atoms with Crippen LogP contribution < -0.4 is 20.4 Å². The first kappa shape index (κ1) is 40.4.